The van der Waals surface area contributed by atoms with E-state index in [-0.39, 0.29) is 17.1 Å². The molecular formula is C18H22N4O6S2. The number of hydrogen-bond donors (Lipinski definition) is 2. The summed E-state index contributed by atoms with van der Waals surface area (Å²) in [6.45, 7) is 0.496. The first kappa shape index (κ1) is 22.0. The van der Waals surface area contributed by atoms with Crippen molar-refractivity contribution >= 4 is 39.3 Å². The van der Waals surface area contributed by atoms with Crippen molar-refractivity contribution < 1.29 is 27.5 Å². The average Bonchev–Trinajstić information content (AvgIpc) is 3.46. The summed E-state index contributed by atoms with van der Waals surface area (Å²) in [6, 6.07) is 4.20. The molecule has 2 aromatic heterocycles. The molecule has 162 valence electrons. The number of rotatable bonds is 7. The highest BCUT2D eigenvalue weighted by Crippen LogP contribution is 2.22. The van der Waals surface area contributed by atoms with E-state index in [9.17, 15) is 22.8 Å². The molecule has 1 aliphatic heterocycles. The van der Waals surface area contributed by atoms with Crippen LogP contribution in [0.3, 0.4) is 0 Å². The van der Waals surface area contributed by atoms with Crippen LogP contribution in [0.1, 0.15) is 28.2 Å². The number of esters is 1. The third-order valence-electron chi connectivity index (χ3n) is 4.48. The maximum Gasteiger partial charge on any atom is 0.355 e. The number of thiophene rings is 1. The fraction of sp³-hybridized carbons (Fsp3) is 0.389. The van der Waals surface area contributed by atoms with E-state index in [0.29, 0.717) is 13.1 Å². The van der Waals surface area contributed by atoms with E-state index in [1.165, 1.54) is 39.5 Å². The fourth-order valence-electron chi connectivity index (χ4n) is 2.95. The van der Waals surface area contributed by atoms with Crippen LogP contribution in [-0.2, 0) is 33.1 Å². The van der Waals surface area contributed by atoms with E-state index < -0.39 is 34.5 Å². The molecule has 1 fully saturated rings. The van der Waals surface area contributed by atoms with Gasteiger partial charge in [0.2, 0.25) is 10.0 Å². The molecule has 0 aliphatic carbocycles. The van der Waals surface area contributed by atoms with E-state index in [2.05, 4.69) is 10.6 Å². The van der Waals surface area contributed by atoms with E-state index in [1.54, 1.807) is 0 Å². The molecule has 10 nitrogen and oxygen atoms in total. The molecule has 12 heteroatoms. The summed E-state index contributed by atoms with van der Waals surface area (Å²) in [5.74, 6) is -1.67. The van der Waals surface area contributed by atoms with E-state index in [0.717, 1.165) is 17.7 Å². The summed E-state index contributed by atoms with van der Waals surface area (Å²) in [5.41, 5.74) is -0.0114. The first-order valence-corrected chi connectivity index (χ1v) is 11.5. The number of ether oxygens (including phenoxy) is 1. The number of nitrogens with zero attached hydrogens (tertiary/aromatic N) is 2. The Kier molecular flexibility index (Phi) is 6.90. The summed E-state index contributed by atoms with van der Waals surface area (Å²) in [5, 5.41) is 6.44. The highest BCUT2D eigenvalue weighted by atomic mass is 32.2. The quantitative estimate of drug-likeness (QED) is 0.602. The Balaban J connectivity index is 1.51. The lowest BCUT2D eigenvalue weighted by atomic mass is 10.4. The van der Waals surface area contributed by atoms with Crippen LogP contribution in [0.5, 0.6) is 0 Å². The number of urea groups is 1. The van der Waals surface area contributed by atoms with Gasteiger partial charge in [0.25, 0.3) is 5.91 Å². The number of aryl methyl sites for hydroxylation is 1. The molecule has 0 spiro atoms. The van der Waals surface area contributed by atoms with Crippen molar-refractivity contribution in [2.45, 2.75) is 24.3 Å². The maximum atomic E-state index is 12.6. The van der Waals surface area contributed by atoms with Gasteiger partial charge in [0.15, 0.2) is 6.61 Å². The third kappa shape index (κ3) is 5.26. The van der Waals surface area contributed by atoms with Crippen LogP contribution in [0.25, 0.3) is 0 Å². The zero-order chi connectivity index (χ0) is 21.7. The predicted octanol–water partition coefficient (Wildman–Crippen LogP) is 1.05. The molecule has 3 amide bonds. The summed E-state index contributed by atoms with van der Waals surface area (Å²) >= 11 is 1.46. The van der Waals surface area contributed by atoms with Crippen molar-refractivity contribution in [2.24, 2.45) is 7.05 Å². The lowest BCUT2D eigenvalue weighted by molar-refractivity contribution is -0.123. The normalized spacial score (nSPS) is 14.4. The highest BCUT2D eigenvalue weighted by Gasteiger charge is 2.29. The Hall–Kier alpha value is -2.70. The van der Waals surface area contributed by atoms with Crippen LogP contribution in [0.2, 0.25) is 0 Å². The van der Waals surface area contributed by atoms with E-state index in [4.69, 9.17) is 4.74 Å². The number of aromatic nitrogens is 1. The van der Waals surface area contributed by atoms with Crippen LogP contribution in [0.15, 0.2) is 34.7 Å². The molecule has 1 saturated heterocycles. The molecule has 3 heterocycles. The second-order valence-corrected chi connectivity index (χ2v) is 9.64. The van der Waals surface area contributed by atoms with Crippen LogP contribution in [0.4, 0.5) is 4.79 Å². The molecule has 30 heavy (non-hydrogen) atoms. The van der Waals surface area contributed by atoms with Gasteiger partial charge in [0.1, 0.15) is 10.6 Å². The molecule has 2 N–H and O–H groups in total. The molecular weight excluding hydrogens is 432 g/mol. The number of carbonyl (C=O) groups excluding carboxylic acids is 3. The van der Waals surface area contributed by atoms with Gasteiger partial charge in [0.05, 0.1) is 6.54 Å². The molecule has 0 saturated carbocycles. The Bertz CT molecular complexity index is 1020. The van der Waals surface area contributed by atoms with Crippen molar-refractivity contribution in [2.75, 3.05) is 19.7 Å². The van der Waals surface area contributed by atoms with Crippen molar-refractivity contribution in [3.05, 3.63) is 40.3 Å². The zero-order valence-electron chi connectivity index (χ0n) is 16.3. The molecule has 3 rings (SSSR count). The van der Waals surface area contributed by atoms with Gasteiger partial charge in [-0.05, 0) is 30.4 Å². The molecule has 0 bridgehead atoms. The second kappa shape index (κ2) is 9.41. The van der Waals surface area contributed by atoms with Crippen LogP contribution >= 0.6 is 11.3 Å². The van der Waals surface area contributed by atoms with Crippen molar-refractivity contribution in [1.82, 2.24) is 19.5 Å². The molecule has 1 aliphatic rings. The van der Waals surface area contributed by atoms with Gasteiger partial charge < -0.3 is 14.6 Å². The predicted molar refractivity (Wildman–Crippen MR) is 108 cm³/mol. The van der Waals surface area contributed by atoms with Crippen molar-refractivity contribution in [1.29, 1.82) is 0 Å². The molecule has 0 aromatic carbocycles. The molecule has 0 unspecified atom stereocenters. The summed E-state index contributed by atoms with van der Waals surface area (Å²) < 4.78 is 32.8. The van der Waals surface area contributed by atoms with Crippen molar-refractivity contribution in [3.8, 4) is 0 Å². The summed E-state index contributed by atoms with van der Waals surface area (Å²) in [7, 11) is -2.16. The van der Waals surface area contributed by atoms with E-state index >= 15 is 0 Å². The van der Waals surface area contributed by atoms with Crippen LogP contribution < -0.4 is 10.6 Å². The average molecular weight is 455 g/mol. The largest absolute Gasteiger partial charge is 0.451 e. The minimum absolute atomic E-state index is 0.00347. The van der Waals surface area contributed by atoms with Gasteiger partial charge in [-0.15, -0.1) is 11.3 Å². The van der Waals surface area contributed by atoms with Gasteiger partial charge >= 0.3 is 12.0 Å². The summed E-state index contributed by atoms with van der Waals surface area (Å²) in [6.07, 6.45) is 2.94. The fourth-order valence-corrected chi connectivity index (χ4v) is 5.18. The van der Waals surface area contributed by atoms with Gasteiger partial charge in [0, 0.05) is 31.2 Å². The Morgan fingerprint density at radius 1 is 1.23 bits per heavy atom. The SMILES string of the molecule is Cn1cc(S(=O)(=O)N2CCCC2)cc1C(=O)OCC(=O)NC(=O)NCc1cccs1. The van der Waals surface area contributed by atoms with Crippen LogP contribution in [0, 0.1) is 0 Å². The molecule has 2 aromatic rings. The number of amides is 3. The van der Waals surface area contributed by atoms with Crippen LogP contribution in [-0.4, -0.2) is 54.9 Å². The number of sulfonamides is 1. The maximum absolute atomic E-state index is 12.6. The monoisotopic (exact) mass is 454 g/mol. The molecule has 0 radical (unpaired) electrons. The summed E-state index contributed by atoms with van der Waals surface area (Å²) in [4.78, 5) is 36.7. The lowest BCUT2D eigenvalue weighted by Gasteiger charge is -2.13. The minimum Gasteiger partial charge on any atom is -0.451 e. The van der Waals surface area contributed by atoms with E-state index in [1.807, 2.05) is 17.5 Å². The number of hydrogen-bond acceptors (Lipinski definition) is 7. The van der Waals surface area contributed by atoms with Crippen molar-refractivity contribution in [3.63, 3.8) is 0 Å². The first-order chi connectivity index (χ1) is 14.3. The Morgan fingerprint density at radius 2 is 1.97 bits per heavy atom. The lowest BCUT2D eigenvalue weighted by Crippen LogP contribution is -2.41. The van der Waals surface area contributed by atoms with Gasteiger partial charge in [-0.1, -0.05) is 6.07 Å². The minimum atomic E-state index is -3.67. The Morgan fingerprint density at radius 3 is 2.63 bits per heavy atom. The third-order valence-corrected chi connectivity index (χ3v) is 7.22. The standard InChI is InChI=1S/C18H22N4O6S2/c1-21-11-14(30(26,27)22-6-2-3-7-22)9-15(21)17(24)28-12-16(23)20-18(25)19-10-13-5-4-8-29-13/h4-5,8-9,11H,2-3,6-7,10,12H2,1H3,(H2,19,20,23,25). The number of carbonyl (C=O) groups is 3. The second-order valence-electron chi connectivity index (χ2n) is 6.67. The Labute approximate surface area is 177 Å². The zero-order valence-corrected chi connectivity index (χ0v) is 17.9. The molecule has 0 atom stereocenters. The number of imide groups is 1. The number of nitrogens with one attached hydrogen (secondary N) is 2. The van der Waals surface area contributed by atoms with Gasteiger partial charge in [-0.2, -0.15) is 4.31 Å². The van der Waals surface area contributed by atoms with Gasteiger partial charge in [-0.3, -0.25) is 10.1 Å². The highest BCUT2D eigenvalue weighted by molar-refractivity contribution is 7.89. The van der Waals surface area contributed by atoms with Gasteiger partial charge in [-0.25, -0.2) is 18.0 Å². The smallest absolute Gasteiger partial charge is 0.355 e. The first-order valence-electron chi connectivity index (χ1n) is 9.21. The topological polar surface area (TPSA) is 127 Å².